The standard InChI is InChI=1S/C16H17N3O3/c1-18-9-11(8-17-18)13-5-3-7-19(13)16(20)12-4-2-6-14-15(12)22-10-21-14/h2,4,6,8-9,13H,3,5,7,10H2,1H3/t13-/m0/s1. The molecule has 1 saturated heterocycles. The van der Waals surface area contributed by atoms with Gasteiger partial charge in [-0.05, 0) is 25.0 Å². The van der Waals surface area contributed by atoms with Gasteiger partial charge in [0.05, 0.1) is 17.8 Å². The Morgan fingerprint density at radius 1 is 1.36 bits per heavy atom. The lowest BCUT2D eigenvalue weighted by molar-refractivity contribution is 0.0731. The van der Waals surface area contributed by atoms with Gasteiger partial charge in [-0.2, -0.15) is 5.10 Å². The van der Waals surface area contributed by atoms with Crippen LogP contribution in [0.2, 0.25) is 0 Å². The van der Waals surface area contributed by atoms with E-state index < -0.39 is 0 Å². The van der Waals surface area contributed by atoms with Crippen molar-refractivity contribution in [3.63, 3.8) is 0 Å². The third-order valence-electron chi connectivity index (χ3n) is 4.25. The first-order valence-corrected chi connectivity index (χ1v) is 7.42. The molecule has 1 aromatic heterocycles. The van der Waals surface area contributed by atoms with Crippen molar-refractivity contribution in [3.8, 4) is 11.5 Å². The molecule has 0 radical (unpaired) electrons. The maximum absolute atomic E-state index is 13.0. The number of carbonyl (C=O) groups is 1. The van der Waals surface area contributed by atoms with Gasteiger partial charge in [0.15, 0.2) is 11.5 Å². The van der Waals surface area contributed by atoms with Crippen LogP contribution in [0.5, 0.6) is 11.5 Å². The fourth-order valence-corrected chi connectivity index (χ4v) is 3.22. The number of benzene rings is 1. The van der Waals surface area contributed by atoms with Crippen LogP contribution >= 0.6 is 0 Å². The summed E-state index contributed by atoms with van der Waals surface area (Å²) in [7, 11) is 1.89. The predicted octanol–water partition coefficient (Wildman–Crippen LogP) is 2.13. The lowest BCUT2D eigenvalue weighted by Crippen LogP contribution is -2.30. The Kier molecular flexibility index (Phi) is 3.03. The highest BCUT2D eigenvalue weighted by molar-refractivity contribution is 5.98. The maximum atomic E-state index is 13.0. The quantitative estimate of drug-likeness (QED) is 0.852. The summed E-state index contributed by atoms with van der Waals surface area (Å²) in [4.78, 5) is 14.9. The number of amides is 1. The zero-order valence-corrected chi connectivity index (χ0v) is 12.4. The summed E-state index contributed by atoms with van der Waals surface area (Å²) in [5.74, 6) is 1.20. The van der Waals surface area contributed by atoms with E-state index in [1.54, 1.807) is 10.7 Å². The first-order valence-electron chi connectivity index (χ1n) is 7.42. The average molecular weight is 299 g/mol. The predicted molar refractivity (Wildman–Crippen MR) is 78.8 cm³/mol. The summed E-state index contributed by atoms with van der Waals surface area (Å²) in [5, 5.41) is 4.22. The van der Waals surface area contributed by atoms with Crippen LogP contribution in [0.3, 0.4) is 0 Å². The molecule has 1 atom stereocenters. The van der Waals surface area contributed by atoms with Crippen LogP contribution in [-0.4, -0.2) is 33.9 Å². The molecule has 2 aliphatic heterocycles. The van der Waals surface area contributed by atoms with Crippen LogP contribution < -0.4 is 9.47 Å². The molecule has 0 saturated carbocycles. The van der Waals surface area contributed by atoms with Crippen molar-refractivity contribution in [1.29, 1.82) is 0 Å². The number of likely N-dealkylation sites (tertiary alicyclic amines) is 1. The molecule has 114 valence electrons. The number of carbonyl (C=O) groups excluding carboxylic acids is 1. The molecule has 0 N–H and O–H groups in total. The highest BCUT2D eigenvalue weighted by Crippen LogP contribution is 2.39. The van der Waals surface area contributed by atoms with E-state index in [0.29, 0.717) is 17.1 Å². The lowest BCUT2D eigenvalue weighted by atomic mass is 10.1. The van der Waals surface area contributed by atoms with Crippen LogP contribution in [0.1, 0.15) is 34.8 Å². The van der Waals surface area contributed by atoms with Gasteiger partial charge in [-0.15, -0.1) is 0 Å². The number of hydrogen-bond donors (Lipinski definition) is 0. The number of para-hydroxylation sites is 1. The van der Waals surface area contributed by atoms with Crippen molar-refractivity contribution in [2.75, 3.05) is 13.3 Å². The number of aromatic nitrogens is 2. The van der Waals surface area contributed by atoms with Gasteiger partial charge in [0, 0.05) is 25.4 Å². The van der Waals surface area contributed by atoms with Crippen LogP contribution in [0.4, 0.5) is 0 Å². The summed E-state index contributed by atoms with van der Waals surface area (Å²) >= 11 is 0. The molecule has 0 bridgehead atoms. The number of nitrogens with zero attached hydrogens (tertiary/aromatic N) is 3. The molecule has 6 nitrogen and oxygen atoms in total. The molecule has 2 aliphatic rings. The van der Waals surface area contributed by atoms with Gasteiger partial charge in [0.1, 0.15) is 0 Å². The first kappa shape index (κ1) is 13.2. The van der Waals surface area contributed by atoms with Gasteiger partial charge in [0.2, 0.25) is 6.79 Å². The molecule has 0 spiro atoms. The molecule has 6 heteroatoms. The summed E-state index contributed by atoms with van der Waals surface area (Å²) in [6.07, 6.45) is 5.78. The number of hydrogen-bond acceptors (Lipinski definition) is 4. The van der Waals surface area contributed by atoms with Crippen LogP contribution in [0.25, 0.3) is 0 Å². The minimum absolute atomic E-state index is 0.00583. The van der Waals surface area contributed by atoms with E-state index in [1.165, 1.54) is 0 Å². The van der Waals surface area contributed by atoms with E-state index in [0.717, 1.165) is 24.9 Å². The largest absolute Gasteiger partial charge is 0.454 e. The maximum Gasteiger partial charge on any atom is 0.258 e. The van der Waals surface area contributed by atoms with E-state index in [9.17, 15) is 4.79 Å². The van der Waals surface area contributed by atoms with Crippen molar-refractivity contribution in [2.45, 2.75) is 18.9 Å². The second-order valence-electron chi connectivity index (χ2n) is 5.64. The Labute approximate surface area is 128 Å². The van der Waals surface area contributed by atoms with Gasteiger partial charge in [0.25, 0.3) is 5.91 Å². The molecular weight excluding hydrogens is 282 g/mol. The van der Waals surface area contributed by atoms with Gasteiger partial charge in [-0.1, -0.05) is 6.07 Å². The zero-order valence-electron chi connectivity index (χ0n) is 12.4. The zero-order chi connectivity index (χ0) is 15.1. The monoisotopic (exact) mass is 299 g/mol. The molecule has 4 rings (SSSR count). The van der Waals surface area contributed by atoms with Gasteiger partial charge in [-0.25, -0.2) is 0 Å². The van der Waals surface area contributed by atoms with Gasteiger partial charge < -0.3 is 14.4 Å². The molecule has 2 aromatic rings. The van der Waals surface area contributed by atoms with Crippen LogP contribution in [-0.2, 0) is 7.05 Å². The van der Waals surface area contributed by atoms with E-state index in [4.69, 9.17) is 9.47 Å². The first-order chi connectivity index (χ1) is 10.7. The Hall–Kier alpha value is -2.50. The second-order valence-corrected chi connectivity index (χ2v) is 5.64. The molecule has 3 heterocycles. The number of ether oxygens (including phenoxy) is 2. The molecular formula is C16H17N3O3. The summed E-state index contributed by atoms with van der Waals surface area (Å²) in [6, 6.07) is 5.53. The topological polar surface area (TPSA) is 56.6 Å². The molecule has 1 amide bonds. The fourth-order valence-electron chi connectivity index (χ4n) is 3.22. The highest BCUT2D eigenvalue weighted by atomic mass is 16.7. The third-order valence-corrected chi connectivity index (χ3v) is 4.25. The molecule has 1 fully saturated rings. The van der Waals surface area contributed by atoms with Crippen molar-refractivity contribution < 1.29 is 14.3 Å². The van der Waals surface area contributed by atoms with Gasteiger partial charge >= 0.3 is 0 Å². The highest BCUT2D eigenvalue weighted by Gasteiger charge is 2.34. The van der Waals surface area contributed by atoms with Crippen LogP contribution in [0.15, 0.2) is 30.6 Å². The number of rotatable bonds is 2. The van der Waals surface area contributed by atoms with Crippen LogP contribution in [0, 0.1) is 0 Å². The Balaban J connectivity index is 1.66. The molecule has 0 aliphatic carbocycles. The van der Waals surface area contributed by atoms with E-state index in [-0.39, 0.29) is 18.7 Å². The van der Waals surface area contributed by atoms with Crippen molar-refractivity contribution in [3.05, 3.63) is 41.7 Å². The minimum atomic E-state index is -0.00583. The average Bonchev–Trinajstić information content (AvgIpc) is 3.25. The Bertz CT molecular complexity index is 725. The fraction of sp³-hybridized carbons (Fsp3) is 0.375. The van der Waals surface area contributed by atoms with Gasteiger partial charge in [-0.3, -0.25) is 9.48 Å². The number of fused-ring (bicyclic) bond motifs is 1. The summed E-state index contributed by atoms with van der Waals surface area (Å²) in [5.41, 5.74) is 1.66. The van der Waals surface area contributed by atoms with E-state index in [2.05, 4.69) is 5.10 Å². The van der Waals surface area contributed by atoms with Crippen molar-refractivity contribution in [2.24, 2.45) is 7.05 Å². The Morgan fingerprint density at radius 2 is 2.27 bits per heavy atom. The lowest BCUT2D eigenvalue weighted by Gasteiger charge is -2.24. The molecule has 0 unspecified atom stereocenters. The SMILES string of the molecule is Cn1cc([C@@H]2CCCN2C(=O)c2cccc3c2OCO3)cn1. The van der Waals surface area contributed by atoms with E-state index in [1.807, 2.05) is 36.5 Å². The van der Waals surface area contributed by atoms with E-state index >= 15 is 0 Å². The van der Waals surface area contributed by atoms with Crippen molar-refractivity contribution in [1.82, 2.24) is 14.7 Å². The second kappa shape index (κ2) is 5.05. The Morgan fingerprint density at radius 3 is 3.09 bits per heavy atom. The normalized spacial score (nSPS) is 19.7. The minimum Gasteiger partial charge on any atom is -0.454 e. The summed E-state index contributed by atoms with van der Waals surface area (Å²) < 4.78 is 12.6. The van der Waals surface area contributed by atoms with Crippen molar-refractivity contribution >= 4 is 5.91 Å². The number of aryl methyl sites for hydroxylation is 1. The smallest absolute Gasteiger partial charge is 0.258 e. The molecule has 22 heavy (non-hydrogen) atoms. The third kappa shape index (κ3) is 2.03. The summed E-state index contributed by atoms with van der Waals surface area (Å²) in [6.45, 7) is 0.925. The molecule has 1 aromatic carbocycles.